The smallest absolute Gasteiger partial charge is 0.294 e. The average molecular weight is 301 g/mol. The second-order valence-corrected chi connectivity index (χ2v) is 4.07. The Morgan fingerprint density at radius 1 is 1.40 bits per heavy atom. The first-order chi connectivity index (χ1) is 6.75. The number of ketones is 1. The van der Waals surface area contributed by atoms with E-state index in [9.17, 15) is 18.0 Å². The first kappa shape index (κ1) is 12.5. The van der Waals surface area contributed by atoms with Crippen molar-refractivity contribution in [2.75, 3.05) is 0 Å². The SMILES string of the molecule is CC(=O)c1c(Br)ccc(C(F)(F)F)c1Cl. The van der Waals surface area contributed by atoms with Gasteiger partial charge in [-0.2, -0.15) is 13.2 Å². The minimum atomic E-state index is -4.55. The quantitative estimate of drug-likeness (QED) is 0.706. The molecule has 0 radical (unpaired) electrons. The first-order valence-electron chi connectivity index (χ1n) is 3.81. The van der Waals surface area contributed by atoms with Crippen molar-refractivity contribution in [2.24, 2.45) is 0 Å². The summed E-state index contributed by atoms with van der Waals surface area (Å²) in [4.78, 5) is 11.1. The van der Waals surface area contributed by atoms with Crippen molar-refractivity contribution >= 4 is 33.3 Å². The zero-order chi connectivity index (χ0) is 11.8. The topological polar surface area (TPSA) is 17.1 Å². The summed E-state index contributed by atoms with van der Waals surface area (Å²) >= 11 is 8.50. The fraction of sp³-hybridized carbons (Fsp3) is 0.222. The Labute approximate surface area is 97.4 Å². The summed E-state index contributed by atoms with van der Waals surface area (Å²) in [6, 6.07) is 1.99. The van der Waals surface area contributed by atoms with Gasteiger partial charge in [-0.3, -0.25) is 4.79 Å². The molecule has 1 aromatic carbocycles. The Bertz CT molecular complexity index is 415. The first-order valence-corrected chi connectivity index (χ1v) is 4.98. The molecule has 0 bridgehead atoms. The standard InChI is InChI=1S/C9H5BrClF3O/c1-4(15)7-6(10)3-2-5(8(7)11)9(12,13)14/h2-3H,1H3. The monoisotopic (exact) mass is 300 g/mol. The van der Waals surface area contributed by atoms with Gasteiger partial charge in [-0.05, 0) is 35.0 Å². The molecule has 0 heterocycles. The molecule has 15 heavy (non-hydrogen) atoms. The van der Waals surface area contributed by atoms with Crippen molar-refractivity contribution in [1.29, 1.82) is 0 Å². The molecule has 1 rings (SSSR count). The van der Waals surface area contributed by atoms with Gasteiger partial charge in [0, 0.05) is 4.47 Å². The minimum absolute atomic E-state index is 0.147. The molecule has 82 valence electrons. The Balaban J connectivity index is 3.49. The molecule has 1 nitrogen and oxygen atoms in total. The van der Waals surface area contributed by atoms with Crippen molar-refractivity contribution in [1.82, 2.24) is 0 Å². The molecular weight excluding hydrogens is 296 g/mol. The van der Waals surface area contributed by atoms with Crippen molar-refractivity contribution in [3.63, 3.8) is 0 Å². The molecule has 6 heteroatoms. The molecule has 0 aromatic heterocycles. The van der Waals surface area contributed by atoms with E-state index in [0.29, 0.717) is 0 Å². The number of hydrogen-bond acceptors (Lipinski definition) is 1. The lowest BCUT2D eigenvalue weighted by atomic mass is 10.1. The fourth-order valence-corrected chi connectivity index (χ4v) is 2.22. The van der Waals surface area contributed by atoms with Gasteiger partial charge < -0.3 is 0 Å². The summed E-state index contributed by atoms with van der Waals surface area (Å²) in [6.45, 7) is 1.16. The van der Waals surface area contributed by atoms with Crippen LogP contribution >= 0.6 is 27.5 Å². The molecule has 0 atom stereocenters. The Kier molecular flexibility index (Phi) is 3.45. The lowest BCUT2D eigenvalue weighted by Crippen LogP contribution is -2.09. The zero-order valence-electron chi connectivity index (χ0n) is 7.45. The van der Waals surface area contributed by atoms with Crippen molar-refractivity contribution in [3.8, 4) is 0 Å². The van der Waals surface area contributed by atoms with Crippen LogP contribution in [-0.2, 0) is 6.18 Å². The zero-order valence-corrected chi connectivity index (χ0v) is 9.79. The van der Waals surface area contributed by atoms with Gasteiger partial charge in [-0.25, -0.2) is 0 Å². The van der Waals surface area contributed by atoms with E-state index in [2.05, 4.69) is 15.9 Å². The number of alkyl halides is 3. The number of carbonyl (C=O) groups is 1. The van der Waals surface area contributed by atoms with Crippen LogP contribution in [0.15, 0.2) is 16.6 Å². The molecule has 0 spiro atoms. The van der Waals surface area contributed by atoms with Crippen LogP contribution in [0.25, 0.3) is 0 Å². The number of Topliss-reactive ketones (excluding diaryl/α,β-unsaturated/α-hetero) is 1. The van der Waals surface area contributed by atoms with Gasteiger partial charge in [0.2, 0.25) is 0 Å². The highest BCUT2D eigenvalue weighted by Crippen LogP contribution is 2.38. The number of hydrogen-bond donors (Lipinski definition) is 0. The number of halogens is 5. The maximum atomic E-state index is 12.4. The van der Waals surface area contributed by atoms with Gasteiger partial charge >= 0.3 is 6.18 Å². The average Bonchev–Trinajstić information content (AvgIpc) is 2.00. The third kappa shape index (κ3) is 2.52. The Morgan fingerprint density at radius 3 is 2.33 bits per heavy atom. The Hall–Kier alpha value is -0.550. The maximum Gasteiger partial charge on any atom is 0.417 e. The molecule has 0 unspecified atom stereocenters. The molecule has 0 aliphatic rings. The normalized spacial score (nSPS) is 11.6. The van der Waals surface area contributed by atoms with Gasteiger partial charge in [0.1, 0.15) is 0 Å². The fourth-order valence-electron chi connectivity index (χ4n) is 1.09. The number of benzene rings is 1. The minimum Gasteiger partial charge on any atom is -0.294 e. The highest BCUT2D eigenvalue weighted by molar-refractivity contribution is 9.10. The number of carbonyl (C=O) groups excluding carboxylic acids is 1. The summed E-state index contributed by atoms with van der Waals surface area (Å²) in [6.07, 6.45) is -4.55. The van der Waals surface area contributed by atoms with Gasteiger partial charge in [0.25, 0.3) is 0 Å². The van der Waals surface area contributed by atoms with E-state index in [1.54, 1.807) is 0 Å². The van der Waals surface area contributed by atoms with E-state index in [1.807, 2.05) is 0 Å². The van der Waals surface area contributed by atoms with Crippen LogP contribution in [-0.4, -0.2) is 5.78 Å². The third-order valence-electron chi connectivity index (χ3n) is 1.75. The van der Waals surface area contributed by atoms with Crippen molar-refractivity contribution < 1.29 is 18.0 Å². The van der Waals surface area contributed by atoms with E-state index in [-0.39, 0.29) is 10.0 Å². The second-order valence-electron chi connectivity index (χ2n) is 2.84. The largest absolute Gasteiger partial charge is 0.417 e. The van der Waals surface area contributed by atoms with E-state index in [4.69, 9.17) is 11.6 Å². The molecule has 0 aliphatic carbocycles. The van der Waals surface area contributed by atoms with Gasteiger partial charge in [0.15, 0.2) is 5.78 Å². The van der Waals surface area contributed by atoms with Crippen LogP contribution in [0, 0.1) is 0 Å². The Morgan fingerprint density at radius 2 is 1.93 bits per heavy atom. The molecule has 0 aliphatic heterocycles. The second kappa shape index (κ2) is 4.14. The summed E-state index contributed by atoms with van der Waals surface area (Å²) in [5.74, 6) is -0.516. The van der Waals surface area contributed by atoms with Crippen LogP contribution < -0.4 is 0 Å². The lowest BCUT2D eigenvalue weighted by Gasteiger charge is -2.12. The molecule has 0 fully saturated rings. The number of rotatable bonds is 1. The molecule has 0 N–H and O–H groups in total. The van der Waals surface area contributed by atoms with Crippen LogP contribution in [0.3, 0.4) is 0 Å². The maximum absolute atomic E-state index is 12.4. The highest BCUT2D eigenvalue weighted by Gasteiger charge is 2.35. The summed E-state index contributed by atoms with van der Waals surface area (Å²) in [5, 5.41) is -0.565. The van der Waals surface area contributed by atoms with Crippen molar-refractivity contribution in [2.45, 2.75) is 13.1 Å². The predicted octanol–water partition coefficient (Wildman–Crippen LogP) is 4.32. The van der Waals surface area contributed by atoms with Crippen LogP contribution in [0.1, 0.15) is 22.8 Å². The van der Waals surface area contributed by atoms with E-state index >= 15 is 0 Å². The third-order valence-corrected chi connectivity index (χ3v) is 2.80. The molecule has 0 saturated heterocycles. The highest BCUT2D eigenvalue weighted by atomic mass is 79.9. The summed E-state index contributed by atoms with van der Waals surface area (Å²) < 4.78 is 37.5. The van der Waals surface area contributed by atoms with Gasteiger partial charge in [-0.15, -0.1) is 0 Å². The molecule has 1 aromatic rings. The van der Waals surface area contributed by atoms with Crippen molar-refractivity contribution in [3.05, 3.63) is 32.8 Å². The molecule has 0 saturated carbocycles. The van der Waals surface area contributed by atoms with E-state index < -0.39 is 22.5 Å². The molecule has 0 amide bonds. The molecular formula is C9H5BrClF3O. The van der Waals surface area contributed by atoms with Crippen LogP contribution in [0.2, 0.25) is 5.02 Å². The van der Waals surface area contributed by atoms with Gasteiger partial charge in [0.05, 0.1) is 16.1 Å². The van der Waals surface area contributed by atoms with Gasteiger partial charge in [-0.1, -0.05) is 11.6 Å². The summed E-state index contributed by atoms with van der Waals surface area (Å²) in [5.41, 5.74) is -1.15. The lowest BCUT2D eigenvalue weighted by molar-refractivity contribution is -0.137. The van der Waals surface area contributed by atoms with E-state index in [0.717, 1.165) is 19.1 Å². The van der Waals surface area contributed by atoms with Crippen LogP contribution in [0.5, 0.6) is 0 Å². The van der Waals surface area contributed by atoms with E-state index in [1.165, 1.54) is 0 Å². The predicted molar refractivity (Wildman–Crippen MR) is 54.2 cm³/mol. The summed E-state index contributed by atoms with van der Waals surface area (Å²) in [7, 11) is 0. The van der Waals surface area contributed by atoms with Crippen LogP contribution in [0.4, 0.5) is 13.2 Å².